The molecule has 14 heteroatoms. The van der Waals surface area contributed by atoms with E-state index in [1.54, 1.807) is 82.3 Å². The van der Waals surface area contributed by atoms with Crippen LogP contribution in [0.2, 0.25) is 0 Å². The molecule has 2 bridgehead atoms. The largest absolute Gasteiger partial charge is 0.456 e. The van der Waals surface area contributed by atoms with Gasteiger partial charge in [0.15, 0.2) is 17.5 Å². The molecule has 3 fully saturated rings. The smallest absolute Gasteiger partial charge is 0.338 e. The van der Waals surface area contributed by atoms with Crippen molar-refractivity contribution in [3.63, 3.8) is 0 Å². The first-order valence-electron chi connectivity index (χ1n) is 17.9. The number of halogens is 1. The zero-order valence-corrected chi connectivity index (χ0v) is 33.5. The fourth-order valence-corrected chi connectivity index (χ4v) is 9.87. The van der Waals surface area contributed by atoms with Gasteiger partial charge in [0.05, 0.1) is 35.6 Å². The van der Waals surface area contributed by atoms with E-state index in [9.17, 15) is 24.6 Å². The maximum absolute atomic E-state index is 15.4. The number of aliphatic hydroxyl groups excluding tert-OH is 1. The van der Waals surface area contributed by atoms with Gasteiger partial charge in [-0.3, -0.25) is 9.59 Å². The highest BCUT2D eigenvalue weighted by Crippen LogP contribution is 2.64. The van der Waals surface area contributed by atoms with Gasteiger partial charge in [-0.2, -0.15) is 0 Å². The number of methoxy groups -OCH3 is 2. The summed E-state index contributed by atoms with van der Waals surface area (Å²) in [6, 6.07) is 14.0. The summed E-state index contributed by atoms with van der Waals surface area (Å²) in [5.41, 5.74) is 1.01. The third-order valence-corrected chi connectivity index (χ3v) is 13.2. The first-order chi connectivity index (χ1) is 25.4. The van der Waals surface area contributed by atoms with Crippen LogP contribution < -0.4 is 5.73 Å². The number of hydrogen-bond donors (Lipinski definition) is 3. The number of hydrogen-bond acceptors (Lipinski definition) is 13. The second kappa shape index (κ2) is 14.7. The summed E-state index contributed by atoms with van der Waals surface area (Å²) in [5, 5.41) is 24.7. The van der Waals surface area contributed by atoms with Gasteiger partial charge < -0.3 is 44.4 Å². The summed E-state index contributed by atoms with van der Waals surface area (Å²) >= 11 is 2.13. The molecule has 54 heavy (non-hydrogen) atoms. The molecule has 292 valence electrons. The van der Waals surface area contributed by atoms with E-state index in [1.807, 2.05) is 0 Å². The van der Waals surface area contributed by atoms with Crippen molar-refractivity contribution >= 4 is 46.3 Å². The second-order valence-corrected chi connectivity index (χ2v) is 16.8. The zero-order chi connectivity index (χ0) is 39.5. The van der Waals surface area contributed by atoms with Crippen LogP contribution >= 0.6 is 22.6 Å². The molecule has 0 aromatic heterocycles. The number of ether oxygens (including phenoxy) is 6. The number of ketones is 1. The monoisotopic (exact) mass is 861 g/mol. The van der Waals surface area contributed by atoms with Gasteiger partial charge in [0.1, 0.15) is 30.0 Å². The Morgan fingerprint density at radius 1 is 1.00 bits per heavy atom. The fraction of sp³-hybridized carbons (Fsp3) is 0.550. The number of carbonyl (C=O) groups is 4. The molecule has 1 heterocycles. The molecule has 11 atom stereocenters. The first kappa shape index (κ1) is 40.4. The number of Topliss-reactive ketones (excluding diaryl/α,β-unsaturated/α-hetero) is 1. The number of aliphatic hydroxyl groups is 2. The maximum atomic E-state index is 15.4. The van der Waals surface area contributed by atoms with Crippen LogP contribution in [0, 0.1) is 20.3 Å². The molecule has 1 saturated heterocycles. The Bertz CT molecular complexity index is 1830. The Labute approximate surface area is 328 Å². The van der Waals surface area contributed by atoms with E-state index in [0.717, 1.165) is 3.57 Å². The quantitative estimate of drug-likeness (QED) is 0.144. The number of carbonyl (C=O) groups excluding carboxylic acids is 4. The number of esters is 3. The van der Waals surface area contributed by atoms with Crippen molar-refractivity contribution in [1.82, 2.24) is 0 Å². The summed E-state index contributed by atoms with van der Waals surface area (Å²) in [4.78, 5) is 56.2. The molecular formula is C40H48INO12. The molecule has 0 amide bonds. The molecule has 4 N–H and O–H groups in total. The highest BCUT2D eigenvalue weighted by Gasteiger charge is 2.78. The lowest BCUT2D eigenvalue weighted by molar-refractivity contribution is -0.347. The minimum atomic E-state index is -2.15. The lowest BCUT2D eigenvalue weighted by Gasteiger charge is -2.67. The van der Waals surface area contributed by atoms with Gasteiger partial charge in [-0.05, 0) is 77.4 Å². The Balaban J connectivity index is 1.55. The van der Waals surface area contributed by atoms with Crippen molar-refractivity contribution in [3.05, 3.63) is 80.4 Å². The topological polar surface area (TPSA) is 190 Å². The predicted octanol–water partition coefficient (Wildman–Crippen LogP) is 3.61. The molecule has 2 aromatic carbocycles. The summed E-state index contributed by atoms with van der Waals surface area (Å²) < 4.78 is 37.6. The van der Waals surface area contributed by atoms with Crippen molar-refractivity contribution in [2.45, 2.75) is 101 Å². The Morgan fingerprint density at radius 2 is 1.65 bits per heavy atom. The lowest BCUT2D eigenvalue weighted by atomic mass is 9.44. The van der Waals surface area contributed by atoms with E-state index in [-0.39, 0.29) is 25.0 Å². The Kier molecular flexibility index (Phi) is 11.0. The van der Waals surface area contributed by atoms with Gasteiger partial charge in [0.2, 0.25) is 0 Å². The van der Waals surface area contributed by atoms with Crippen molar-refractivity contribution in [2.75, 3.05) is 20.8 Å². The van der Waals surface area contributed by atoms with Crippen molar-refractivity contribution in [2.24, 2.45) is 22.5 Å². The molecule has 3 aliphatic carbocycles. The van der Waals surface area contributed by atoms with Gasteiger partial charge in [-0.25, -0.2) is 9.59 Å². The standard InChI is InChI=1S/C40H48INO12/c1-20-25(52-36(47)30(44)29(42)22-13-15-24(41)16-14-22)18-40(48)34(53-35(46)23-11-9-8-10-12-23)32-38(5,33(45)31(50-7)28(20)37(40,3)4)26(49-6)17-27-39(32,19-51-27)54-21(2)43/h8-16,25-27,29-32,34,44,48H,17-19,42H2,1-7H3/t25?,26-,27+,29-,30+,31+,32-,34-,38+,39-,40+/m0/s1. The third-order valence-electron chi connectivity index (χ3n) is 12.5. The molecule has 6 rings (SSSR count). The number of rotatable bonds is 9. The van der Waals surface area contributed by atoms with Crippen LogP contribution in [0.4, 0.5) is 0 Å². The van der Waals surface area contributed by atoms with Crippen molar-refractivity contribution in [1.29, 1.82) is 0 Å². The molecule has 13 nitrogen and oxygen atoms in total. The summed E-state index contributed by atoms with van der Waals surface area (Å²) in [6.07, 6.45) is -7.82. The maximum Gasteiger partial charge on any atom is 0.338 e. The van der Waals surface area contributed by atoms with E-state index >= 15 is 4.79 Å². The molecule has 1 unspecified atom stereocenters. The van der Waals surface area contributed by atoms with E-state index in [0.29, 0.717) is 16.7 Å². The molecule has 2 saturated carbocycles. The Morgan fingerprint density at radius 3 is 2.20 bits per heavy atom. The van der Waals surface area contributed by atoms with Crippen molar-refractivity contribution in [3.8, 4) is 0 Å². The van der Waals surface area contributed by atoms with E-state index in [4.69, 9.17) is 34.2 Å². The van der Waals surface area contributed by atoms with E-state index in [2.05, 4.69) is 22.6 Å². The molecule has 4 aliphatic rings. The highest BCUT2D eigenvalue weighted by atomic mass is 127. The van der Waals surface area contributed by atoms with E-state index < -0.39 is 94.3 Å². The predicted molar refractivity (Wildman–Crippen MR) is 201 cm³/mol. The number of nitrogens with two attached hydrogens (primary N) is 1. The van der Waals surface area contributed by atoms with Gasteiger partial charge in [-0.1, -0.05) is 44.2 Å². The van der Waals surface area contributed by atoms with Crippen LogP contribution in [0.25, 0.3) is 0 Å². The van der Waals surface area contributed by atoms with Crippen LogP contribution in [0.1, 0.15) is 69.4 Å². The average molecular weight is 862 g/mol. The van der Waals surface area contributed by atoms with E-state index in [1.165, 1.54) is 21.1 Å². The van der Waals surface area contributed by atoms with Crippen molar-refractivity contribution < 1.29 is 57.8 Å². The minimum absolute atomic E-state index is 0.150. The Hall–Kier alpha value is -3.25. The van der Waals surface area contributed by atoms with Crippen LogP contribution in [-0.4, -0.2) is 103 Å². The first-order valence-corrected chi connectivity index (χ1v) is 19.0. The second-order valence-electron chi connectivity index (χ2n) is 15.5. The van der Waals surface area contributed by atoms with Crippen LogP contribution in [0.5, 0.6) is 0 Å². The molecule has 1 aliphatic heterocycles. The zero-order valence-electron chi connectivity index (χ0n) is 31.4. The van der Waals surface area contributed by atoms with Gasteiger partial charge in [-0.15, -0.1) is 0 Å². The van der Waals surface area contributed by atoms with Crippen LogP contribution in [0.15, 0.2) is 65.7 Å². The SMILES string of the molecule is CO[C@H]1C(=O)[C@]2(C)[C@@H](OC)C[C@H]3OC[C@@]3(OC(C)=O)[C@H]2[C@H](OC(=O)c2ccccc2)[C@]2(O)CC(OC(=O)[C@H](O)[C@@H](N)c3ccc(I)cc3)C(C)=C1C2(C)C. The van der Waals surface area contributed by atoms with Crippen LogP contribution in [-0.2, 0) is 42.8 Å². The van der Waals surface area contributed by atoms with Crippen LogP contribution in [0.3, 0.4) is 0 Å². The summed E-state index contributed by atoms with van der Waals surface area (Å²) in [7, 11) is 2.82. The number of fused-ring (bicyclic) bond motifs is 5. The third kappa shape index (κ3) is 6.21. The van der Waals surface area contributed by atoms with Gasteiger partial charge >= 0.3 is 17.9 Å². The summed E-state index contributed by atoms with van der Waals surface area (Å²) in [5.74, 6) is -4.27. The highest BCUT2D eigenvalue weighted by molar-refractivity contribution is 14.1. The number of benzene rings is 2. The molecule has 0 spiro atoms. The fourth-order valence-electron chi connectivity index (χ4n) is 9.51. The minimum Gasteiger partial charge on any atom is -0.456 e. The van der Waals surface area contributed by atoms with Gasteiger partial charge in [0, 0.05) is 43.0 Å². The molecule has 0 radical (unpaired) electrons. The van der Waals surface area contributed by atoms with Gasteiger partial charge in [0.25, 0.3) is 0 Å². The lowest BCUT2D eigenvalue weighted by Crippen LogP contribution is -2.82. The molecular weight excluding hydrogens is 813 g/mol. The normalized spacial score (nSPS) is 35.2. The summed E-state index contributed by atoms with van der Waals surface area (Å²) in [6.45, 7) is 7.84. The average Bonchev–Trinajstić information content (AvgIpc) is 3.13. The molecule has 2 aromatic rings.